The van der Waals surface area contributed by atoms with Gasteiger partial charge in [-0.15, -0.1) is 11.7 Å². The minimum Gasteiger partial charge on any atom is -0.462 e. The number of nitrogens with zero attached hydrogens (tertiary/aromatic N) is 1. The van der Waals surface area contributed by atoms with Gasteiger partial charge >= 0.3 is 18.0 Å². The van der Waals surface area contributed by atoms with E-state index < -0.39 is 30.1 Å². The van der Waals surface area contributed by atoms with Gasteiger partial charge in [-0.25, -0.2) is 9.69 Å². The molecule has 0 fully saturated rings. The zero-order valence-electron chi connectivity index (χ0n) is 21.0. The van der Waals surface area contributed by atoms with Gasteiger partial charge < -0.3 is 19.9 Å². The molecule has 0 aliphatic rings. The number of hydrogen-bond donors (Lipinski definition) is 2. The van der Waals surface area contributed by atoms with Crippen molar-refractivity contribution in [2.45, 2.75) is 56.6 Å². The summed E-state index contributed by atoms with van der Waals surface area (Å²) in [5.41, 5.74) is 6.81. The molecule has 0 aliphatic carbocycles. The van der Waals surface area contributed by atoms with Crippen LogP contribution in [0.1, 0.15) is 39.2 Å². The molecule has 204 valence electrons. The predicted octanol–water partition coefficient (Wildman–Crippen LogP) is 3.80. The molecule has 0 radical (unpaired) electrons. The monoisotopic (exact) mass is 580 g/mol. The number of imide groups is 1. The number of hydrogen-bond acceptors (Lipinski definition) is 12. The van der Waals surface area contributed by atoms with Crippen LogP contribution in [0.5, 0.6) is 0 Å². The molecule has 4 atom stereocenters. The van der Waals surface area contributed by atoms with Crippen molar-refractivity contribution in [1.29, 1.82) is 0 Å². The number of esters is 2. The van der Waals surface area contributed by atoms with E-state index in [1.165, 1.54) is 24.6 Å². The molecule has 2 N–H and O–H groups in total. The fourth-order valence-corrected chi connectivity index (χ4v) is 7.03. The second kappa shape index (κ2) is 17.9. The lowest BCUT2D eigenvalue weighted by Crippen LogP contribution is -2.44. The summed E-state index contributed by atoms with van der Waals surface area (Å²) < 4.78 is 15.2. The van der Waals surface area contributed by atoms with Gasteiger partial charge in [0, 0.05) is 36.8 Å². The van der Waals surface area contributed by atoms with Crippen LogP contribution < -0.4 is 5.73 Å². The molecule has 0 saturated heterocycles. The summed E-state index contributed by atoms with van der Waals surface area (Å²) in [5, 5.41) is 4.20. The maximum atomic E-state index is 13.6. The number of amides is 2. The normalized spacial score (nSPS) is 14.3. The molecule has 0 bridgehead atoms. The summed E-state index contributed by atoms with van der Waals surface area (Å²) in [4.78, 5) is 50.0. The van der Waals surface area contributed by atoms with Crippen LogP contribution in [0.15, 0.2) is 16.8 Å². The van der Waals surface area contributed by atoms with Crippen molar-refractivity contribution in [3.63, 3.8) is 0 Å². The Kier molecular flexibility index (Phi) is 16.3. The van der Waals surface area contributed by atoms with Crippen molar-refractivity contribution in [3.05, 3.63) is 22.4 Å². The first-order valence-corrected chi connectivity index (χ1v) is 15.7. The van der Waals surface area contributed by atoms with E-state index in [9.17, 15) is 19.2 Å². The number of thiophene rings is 1. The molecular weight excluding hydrogens is 545 g/mol. The van der Waals surface area contributed by atoms with Gasteiger partial charge in [0.25, 0.3) is 0 Å². The zero-order valence-corrected chi connectivity index (χ0v) is 24.4. The minimum atomic E-state index is -0.977. The highest BCUT2D eigenvalue weighted by atomic mass is 33.1. The van der Waals surface area contributed by atoms with Crippen molar-refractivity contribution in [3.8, 4) is 0 Å². The zero-order chi connectivity index (χ0) is 27.1. The molecule has 9 nitrogen and oxygen atoms in total. The van der Waals surface area contributed by atoms with E-state index in [4.69, 9.17) is 19.9 Å². The third-order valence-corrected chi connectivity index (χ3v) is 8.91. The average Bonchev–Trinajstić information content (AvgIpc) is 3.35. The predicted molar refractivity (Wildman–Crippen MR) is 148 cm³/mol. The highest BCUT2D eigenvalue weighted by molar-refractivity contribution is 8.69. The Morgan fingerprint density at radius 3 is 2.33 bits per heavy atom. The molecule has 13 heteroatoms. The maximum absolute atomic E-state index is 13.6. The van der Waals surface area contributed by atoms with E-state index in [1.54, 1.807) is 30.0 Å². The first kappa shape index (κ1) is 32.6. The van der Waals surface area contributed by atoms with Gasteiger partial charge in [-0.1, -0.05) is 10.8 Å². The molecule has 4 unspecified atom stereocenters. The number of ether oxygens (including phenoxy) is 3. The van der Waals surface area contributed by atoms with Crippen LogP contribution in [0.25, 0.3) is 0 Å². The van der Waals surface area contributed by atoms with E-state index in [1.807, 2.05) is 23.1 Å². The summed E-state index contributed by atoms with van der Waals surface area (Å²) in [6.45, 7) is 4.12. The lowest BCUT2D eigenvalue weighted by atomic mass is 9.93. The van der Waals surface area contributed by atoms with Crippen LogP contribution in [0.4, 0.5) is 4.79 Å². The van der Waals surface area contributed by atoms with Crippen LogP contribution in [-0.4, -0.2) is 78.0 Å². The van der Waals surface area contributed by atoms with Crippen LogP contribution in [0.2, 0.25) is 0 Å². The quantitative estimate of drug-likeness (QED) is 0.129. The smallest absolute Gasteiger partial charge is 0.416 e. The third-order valence-electron chi connectivity index (χ3n) is 5.23. The standard InChI is InChI=1S/C23H36N2O7S4/c1-5-25(23(29)31-13-19(32-16(3)27)12-30-15(2)26)22(28)18(10-17-7-9-35-14-17)11-21(36-33)20(34-4)6-8-24/h7,9,14,18-21,33H,5-6,8,10-13,24H2,1-4H3. The van der Waals surface area contributed by atoms with Crippen LogP contribution >= 0.6 is 45.6 Å². The van der Waals surface area contributed by atoms with E-state index in [0.717, 1.165) is 16.9 Å². The van der Waals surface area contributed by atoms with Crippen molar-refractivity contribution < 1.29 is 33.4 Å². The molecular formula is C23H36N2O7S4. The Bertz CT molecular complexity index is 825. The molecule has 1 heterocycles. The number of nitrogens with two attached hydrogens (primary N) is 1. The van der Waals surface area contributed by atoms with Crippen LogP contribution in [0, 0.1) is 5.92 Å². The Morgan fingerprint density at radius 1 is 1.14 bits per heavy atom. The average molecular weight is 581 g/mol. The van der Waals surface area contributed by atoms with Gasteiger partial charge in [0.05, 0.1) is 0 Å². The molecule has 0 aromatic carbocycles. The van der Waals surface area contributed by atoms with E-state index in [0.29, 0.717) is 19.4 Å². The summed E-state index contributed by atoms with van der Waals surface area (Å²) >= 11 is 7.70. The van der Waals surface area contributed by atoms with Gasteiger partial charge in [-0.05, 0) is 61.4 Å². The van der Waals surface area contributed by atoms with Gasteiger partial charge in [0.2, 0.25) is 5.91 Å². The van der Waals surface area contributed by atoms with Crippen molar-refractivity contribution >= 4 is 69.5 Å². The van der Waals surface area contributed by atoms with E-state index in [-0.39, 0.29) is 36.2 Å². The highest BCUT2D eigenvalue weighted by Gasteiger charge is 2.33. The summed E-state index contributed by atoms with van der Waals surface area (Å²) in [7, 11) is 1.40. The van der Waals surface area contributed by atoms with Gasteiger partial charge in [-0.2, -0.15) is 23.1 Å². The first-order chi connectivity index (χ1) is 17.2. The number of thioether (sulfide) groups is 1. The Morgan fingerprint density at radius 2 is 1.83 bits per heavy atom. The first-order valence-electron chi connectivity index (χ1n) is 11.5. The van der Waals surface area contributed by atoms with Crippen molar-refractivity contribution in [1.82, 2.24) is 4.90 Å². The largest absolute Gasteiger partial charge is 0.462 e. The summed E-state index contributed by atoms with van der Waals surface area (Å²) in [6, 6.07) is 1.97. The molecule has 0 aliphatic heterocycles. The SMILES string of the molecule is CCN(C(=O)OCC(COC(C)=O)OC(C)=O)C(=O)C(Cc1ccsc1)CC(SS)C(CCN)SC. The number of carbonyl (C=O) groups is 4. The molecule has 0 spiro atoms. The number of rotatable bonds is 16. The molecule has 1 aromatic heterocycles. The third kappa shape index (κ3) is 11.8. The Balaban J connectivity index is 3.01. The summed E-state index contributed by atoms with van der Waals surface area (Å²) in [5.74, 6) is -2.00. The van der Waals surface area contributed by atoms with E-state index >= 15 is 0 Å². The molecule has 1 rings (SSSR count). The molecule has 0 saturated carbocycles. The number of carbonyl (C=O) groups excluding carboxylic acids is 4. The van der Waals surface area contributed by atoms with Crippen LogP contribution in [0.3, 0.4) is 0 Å². The fourth-order valence-electron chi connectivity index (χ4n) is 3.53. The Hall–Kier alpha value is -1.41. The fraction of sp³-hybridized carbons (Fsp3) is 0.652. The second-order valence-corrected chi connectivity index (χ2v) is 11.3. The topological polar surface area (TPSA) is 125 Å². The maximum Gasteiger partial charge on any atom is 0.416 e. The van der Waals surface area contributed by atoms with Crippen molar-refractivity contribution in [2.75, 3.05) is 32.6 Å². The summed E-state index contributed by atoms with van der Waals surface area (Å²) in [6.07, 6.45) is 1.96. The molecule has 1 aromatic rings. The molecule has 2 amide bonds. The lowest BCUT2D eigenvalue weighted by Gasteiger charge is -2.29. The van der Waals surface area contributed by atoms with Gasteiger partial charge in [-0.3, -0.25) is 14.4 Å². The molecule has 36 heavy (non-hydrogen) atoms. The van der Waals surface area contributed by atoms with Gasteiger partial charge in [0.15, 0.2) is 6.10 Å². The second-order valence-electron chi connectivity index (χ2n) is 7.96. The van der Waals surface area contributed by atoms with Gasteiger partial charge in [0.1, 0.15) is 13.2 Å². The lowest BCUT2D eigenvalue weighted by molar-refractivity contribution is -0.159. The highest BCUT2D eigenvalue weighted by Crippen LogP contribution is 2.34. The Labute approximate surface area is 230 Å². The number of thiol groups is 1. The van der Waals surface area contributed by atoms with Crippen LogP contribution in [-0.2, 0) is 35.0 Å². The van der Waals surface area contributed by atoms with E-state index in [2.05, 4.69) is 11.7 Å². The van der Waals surface area contributed by atoms with Crippen molar-refractivity contribution in [2.24, 2.45) is 11.7 Å². The minimum absolute atomic E-state index is 0.0475.